The summed E-state index contributed by atoms with van der Waals surface area (Å²) in [6.07, 6.45) is 0. The Hall–Kier alpha value is -2.98. The maximum Gasteiger partial charge on any atom is 0.322 e. The molecule has 5 heteroatoms. The molecule has 0 bridgehead atoms. The number of carbonyl (C=O) groups excluding carboxylic acids is 1. The van der Waals surface area contributed by atoms with Gasteiger partial charge in [0.15, 0.2) is 0 Å². The lowest BCUT2D eigenvalue weighted by Gasteiger charge is -2.23. The van der Waals surface area contributed by atoms with Crippen LogP contribution in [0.15, 0.2) is 78.9 Å². The molecule has 1 aliphatic heterocycles. The van der Waals surface area contributed by atoms with E-state index in [1.165, 1.54) is 0 Å². The molecule has 130 valence electrons. The Morgan fingerprint density at radius 3 is 2.15 bits per heavy atom. The molecule has 2 amide bonds. The van der Waals surface area contributed by atoms with Crippen molar-refractivity contribution in [2.24, 2.45) is 0 Å². The molecule has 1 atom stereocenters. The largest absolute Gasteiger partial charge is 0.457 e. The van der Waals surface area contributed by atoms with Crippen molar-refractivity contribution in [1.29, 1.82) is 0 Å². The van der Waals surface area contributed by atoms with E-state index in [1.807, 2.05) is 66.7 Å². The highest BCUT2D eigenvalue weighted by Crippen LogP contribution is 2.32. The smallest absolute Gasteiger partial charge is 0.322 e. The minimum Gasteiger partial charge on any atom is -0.457 e. The predicted octanol–water partition coefficient (Wildman–Crippen LogP) is 5.40. The Morgan fingerprint density at radius 2 is 1.50 bits per heavy atom. The van der Waals surface area contributed by atoms with Crippen molar-refractivity contribution in [2.45, 2.75) is 6.04 Å². The molecule has 1 heterocycles. The fourth-order valence-electron chi connectivity index (χ4n) is 3.05. The predicted molar refractivity (Wildman–Crippen MR) is 103 cm³/mol. The molecule has 0 spiro atoms. The third-order valence-electron chi connectivity index (χ3n) is 4.33. The van der Waals surface area contributed by atoms with Crippen LogP contribution in [0.1, 0.15) is 11.6 Å². The lowest BCUT2D eigenvalue weighted by Crippen LogP contribution is -2.29. The van der Waals surface area contributed by atoms with Gasteiger partial charge in [0.05, 0.1) is 6.04 Å². The zero-order chi connectivity index (χ0) is 17.9. The summed E-state index contributed by atoms with van der Waals surface area (Å²) in [4.78, 5) is 14.1. The van der Waals surface area contributed by atoms with Crippen molar-refractivity contribution in [3.8, 4) is 11.5 Å². The third-order valence-corrected chi connectivity index (χ3v) is 4.58. The molecular weight excluding hydrogens is 348 g/mol. The van der Waals surface area contributed by atoms with E-state index in [2.05, 4.69) is 5.32 Å². The first-order valence-electron chi connectivity index (χ1n) is 8.36. The van der Waals surface area contributed by atoms with E-state index in [0.717, 1.165) is 11.3 Å². The number of nitrogens with zero attached hydrogens (tertiary/aromatic N) is 1. The summed E-state index contributed by atoms with van der Waals surface area (Å²) >= 11 is 5.89. The van der Waals surface area contributed by atoms with Crippen molar-refractivity contribution < 1.29 is 9.53 Å². The van der Waals surface area contributed by atoms with Crippen LogP contribution < -0.4 is 15.0 Å². The van der Waals surface area contributed by atoms with E-state index in [9.17, 15) is 4.79 Å². The monoisotopic (exact) mass is 364 g/mol. The van der Waals surface area contributed by atoms with Crippen LogP contribution in [0.3, 0.4) is 0 Å². The van der Waals surface area contributed by atoms with Crippen molar-refractivity contribution in [2.75, 3.05) is 11.4 Å². The first kappa shape index (κ1) is 16.5. The van der Waals surface area contributed by atoms with E-state index in [0.29, 0.717) is 23.1 Å². The van der Waals surface area contributed by atoms with E-state index < -0.39 is 0 Å². The molecule has 0 saturated carbocycles. The standard InChI is InChI=1S/C21H17ClN2O2/c22-16-6-10-18(11-7-16)26-19-12-8-17(9-13-19)24-20(14-23-21(24)25)15-4-2-1-3-5-15/h1-13,20H,14H2,(H,23,25). The average Bonchev–Trinajstić information content (AvgIpc) is 3.06. The molecule has 1 N–H and O–H groups in total. The van der Waals surface area contributed by atoms with Crippen molar-refractivity contribution >= 4 is 23.3 Å². The van der Waals surface area contributed by atoms with Crippen LogP contribution in [0.4, 0.5) is 10.5 Å². The number of carbonyl (C=O) groups is 1. The number of rotatable bonds is 4. The van der Waals surface area contributed by atoms with Gasteiger partial charge in [-0.3, -0.25) is 4.90 Å². The molecule has 0 aromatic heterocycles. The summed E-state index contributed by atoms with van der Waals surface area (Å²) in [6.45, 7) is 0.589. The highest BCUT2D eigenvalue weighted by Gasteiger charge is 2.32. The summed E-state index contributed by atoms with van der Waals surface area (Å²) in [6, 6.07) is 24.6. The second kappa shape index (κ2) is 7.10. The SMILES string of the molecule is O=C1NCC(c2ccccc2)N1c1ccc(Oc2ccc(Cl)cc2)cc1. The van der Waals surface area contributed by atoms with E-state index >= 15 is 0 Å². The lowest BCUT2D eigenvalue weighted by atomic mass is 10.1. The number of halogens is 1. The van der Waals surface area contributed by atoms with Gasteiger partial charge in [-0.05, 0) is 54.1 Å². The Morgan fingerprint density at radius 1 is 0.885 bits per heavy atom. The Bertz CT molecular complexity index is 896. The van der Waals surface area contributed by atoms with E-state index in [4.69, 9.17) is 16.3 Å². The molecule has 4 nitrogen and oxygen atoms in total. The number of hydrogen-bond acceptors (Lipinski definition) is 2. The van der Waals surface area contributed by atoms with E-state index in [1.54, 1.807) is 17.0 Å². The lowest BCUT2D eigenvalue weighted by molar-refractivity contribution is 0.251. The molecule has 26 heavy (non-hydrogen) atoms. The summed E-state index contributed by atoms with van der Waals surface area (Å²) < 4.78 is 5.81. The van der Waals surface area contributed by atoms with Crippen molar-refractivity contribution in [3.05, 3.63) is 89.4 Å². The first-order valence-corrected chi connectivity index (χ1v) is 8.74. The maximum absolute atomic E-state index is 12.3. The number of anilines is 1. The van der Waals surface area contributed by atoms with Crippen LogP contribution in [-0.4, -0.2) is 12.6 Å². The molecule has 3 aromatic rings. The van der Waals surface area contributed by atoms with Gasteiger partial charge in [0.25, 0.3) is 0 Å². The van der Waals surface area contributed by atoms with Gasteiger partial charge in [0.1, 0.15) is 11.5 Å². The molecule has 4 rings (SSSR count). The van der Waals surface area contributed by atoms with Gasteiger partial charge < -0.3 is 10.1 Å². The van der Waals surface area contributed by atoms with Gasteiger partial charge in [-0.2, -0.15) is 0 Å². The number of ether oxygens (including phenoxy) is 1. The number of amides is 2. The minimum atomic E-state index is -0.0924. The van der Waals surface area contributed by atoms with Gasteiger partial charge in [0.2, 0.25) is 0 Å². The second-order valence-electron chi connectivity index (χ2n) is 6.03. The topological polar surface area (TPSA) is 41.6 Å². The van der Waals surface area contributed by atoms with Gasteiger partial charge in [-0.15, -0.1) is 0 Å². The highest BCUT2D eigenvalue weighted by molar-refractivity contribution is 6.30. The average molecular weight is 365 g/mol. The van der Waals surface area contributed by atoms with Gasteiger partial charge in [-0.1, -0.05) is 41.9 Å². The summed E-state index contributed by atoms with van der Waals surface area (Å²) in [5.74, 6) is 1.41. The van der Waals surface area contributed by atoms with Crippen molar-refractivity contribution in [3.63, 3.8) is 0 Å². The molecule has 1 saturated heterocycles. The van der Waals surface area contributed by atoms with E-state index in [-0.39, 0.29) is 12.1 Å². The van der Waals surface area contributed by atoms with Crippen LogP contribution in [0.25, 0.3) is 0 Å². The number of hydrogen-bond donors (Lipinski definition) is 1. The van der Waals surface area contributed by atoms with Crippen LogP contribution in [0.2, 0.25) is 5.02 Å². The number of urea groups is 1. The molecule has 1 aliphatic rings. The van der Waals surface area contributed by atoms with Gasteiger partial charge in [0, 0.05) is 17.3 Å². The van der Waals surface area contributed by atoms with Crippen LogP contribution in [0, 0.1) is 0 Å². The van der Waals surface area contributed by atoms with Crippen LogP contribution >= 0.6 is 11.6 Å². The molecule has 0 radical (unpaired) electrons. The first-order chi connectivity index (χ1) is 12.7. The van der Waals surface area contributed by atoms with Crippen molar-refractivity contribution in [1.82, 2.24) is 5.32 Å². The molecule has 1 unspecified atom stereocenters. The number of benzene rings is 3. The summed E-state index contributed by atoms with van der Waals surface area (Å²) in [5, 5.41) is 3.59. The summed E-state index contributed by atoms with van der Waals surface area (Å²) in [7, 11) is 0. The van der Waals surface area contributed by atoms with Gasteiger partial charge >= 0.3 is 6.03 Å². The number of nitrogens with one attached hydrogen (secondary N) is 1. The third kappa shape index (κ3) is 3.37. The Labute approximate surface area is 157 Å². The zero-order valence-corrected chi connectivity index (χ0v) is 14.7. The molecular formula is C21H17ClN2O2. The molecule has 1 fully saturated rings. The summed E-state index contributed by atoms with van der Waals surface area (Å²) in [5.41, 5.74) is 1.93. The minimum absolute atomic E-state index is 0.0215. The quantitative estimate of drug-likeness (QED) is 0.673. The zero-order valence-electron chi connectivity index (χ0n) is 13.9. The second-order valence-corrected chi connectivity index (χ2v) is 6.47. The fourth-order valence-corrected chi connectivity index (χ4v) is 3.18. The highest BCUT2D eigenvalue weighted by atomic mass is 35.5. The fraction of sp³-hybridized carbons (Fsp3) is 0.0952. The molecule has 0 aliphatic carbocycles. The molecule has 3 aromatic carbocycles. The van der Waals surface area contributed by atoms with Gasteiger partial charge in [-0.25, -0.2) is 4.79 Å². The Kier molecular flexibility index (Phi) is 4.50. The maximum atomic E-state index is 12.3. The normalized spacial score (nSPS) is 16.4. The van der Waals surface area contributed by atoms with Crippen LogP contribution in [0.5, 0.6) is 11.5 Å². The Balaban J connectivity index is 1.55. The van der Waals surface area contributed by atoms with Crippen LogP contribution in [-0.2, 0) is 0 Å².